The molecule has 0 saturated heterocycles. The number of carbonyl (C=O) groups excluding carboxylic acids is 2. The van der Waals surface area contributed by atoms with Crippen molar-refractivity contribution in [2.45, 2.75) is 32.2 Å². The summed E-state index contributed by atoms with van der Waals surface area (Å²) in [5, 5.41) is 0.435. The summed E-state index contributed by atoms with van der Waals surface area (Å²) < 4.78 is 0. The van der Waals surface area contributed by atoms with Crippen LogP contribution in [0.5, 0.6) is 0 Å². The number of halogens is 1. The number of anilines is 1. The van der Waals surface area contributed by atoms with Crippen molar-refractivity contribution in [3.63, 3.8) is 0 Å². The van der Waals surface area contributed by atoms with Crippen LogP contribution < -0.4 is 4.90 Å². The third-order valence-corrected chi connectivity index (χ3v) is 7.54. The van der Waals surface area contributed by atoms with Gasteiger partial charge in [-0.15, -0.1) is 6.58 Å². The van der Waals surface area contributed by atoms with Gasteiger partial charge in [0.05, 0.1) is 17.4 Å². The molecule has 1 amide bonds. The number of fused-ring (bicyclic) bond motifs is 3. The van der Waals surface area contributed by atoms with Crippen molar-refractivity contribution in [1.29, 1.82) is 0 Å². The van der Waals surface area contributed by atoms with Crippen molar-refractivity contribution >= 4 is 29.0 Å². The SMILES string of the molecule is [C-]#[N+][C@@]12C(=O)[C@H](C=C(Cl)[C@@]1(C)C=C)C(C)(C)[C@H]1C(=O)N(C)c3cccc2c31. The normalized spacial score (nSPS) is 35.9. The Bertz CT molecular complexity index is 1000. The van der Waals surface area contributed by atoms with Crippen LogP contribution in [0.25, 0.3) is 4.85 Å². The lowest BCUT2D eigenvalue weighted by Gasteiger charge is -2.43. The molecule has 27 heavy (non-hydrogen) atoms. The molecule has 138 valence electrons. The van der Waals surface area contributed by atoms with E-state index in [0.717, 1.165) is 11.3 Å². The number of allylic oxidation sites excluding steroid dienone is 1. The summed E-state index contributed by atoms with van der Waals surface area (Å²) in [5.41, 5.74) is -1.16. The van der Waals surface area contributed by atoms with Crippen molar-refractivity contribution in [3.8, 4) is 0 Å². The van der Waals surface area contributed by atoms with Crippen LogP contribution in [0.3, 0.4) is 0 Å². The van der Waals surface area contributed by atoms with E-state index in [9.17, 15) is 9.59 Å². The Balaban J connectivity index is 2.26. The van der Waals surface area contributed by atoms with E-state index in [2.05, 4.69) is 11.4 Å². The number of nitrogens with zero attached hydrogens (tertiary/aromatic N) is 2. The van der Waals surface area contributed by atoms with Crippen molar-refractivity contribution in [1.82, 2.24) is 0 Å². The quantitative estimate of drug-likeness (QED) is 0.534. The Morgan fingerprint density at radius 3 is 2.56 bits per heavy atom. The Kier molecular flexibility index (Phi) is 3.41. The summed E-state index contributed by atoms with van der Waals surface area (Å²) in [7, 11) is 1.75. The van der Waals surface area contributed by atoms with Crippen molar-refractivity contribution < 1.29 is 9.59 Å². The molecule has 4 atom stereocenters. The van der Waals surface area contributed by atoms with Crippen molar-refractivity contribution in [3.05, 3.63) is 64.5 Å². The number of hydrogen-bond donors (Lipinski definition) is 0. The molecule has 0 aromatic heterocycles. The van der Waals surface area contributed by atoms with Crippen LogP contribution in [0.2, 0.25) is 0 Å². The van der Waals surface area contributed by atoms with E-state index >= 15 is 0 Å². The second kappa shape index (κ2) is 5.11. The van der Waals surface area contributed by atoms with Crippen LogP contribution in [0.1, 0.15) is 37.8 Å². The van der Waals surface area contributed by atoms with Gasteiger partial charge in [-0.25, -0.2) is 6.57 Å². The first-order chi connectivity index (χ1) is 12.6. The first-order valence-electron chi connectivity index (χ1n) is 8.95. The zero-order chi connectivity index (χ0) is 19.9. The molecule has 0 fully saturated rings. The minimum atomic E-state index is -1.53. The largest absolute Gasteiger partial charge is 0.328 e. The zero-order valence-electron chi connectivity index (χ0n) is 15.8. The monoisotopic (exact) mass is 380 g/mol. The smallest absolute Gasteiger partial charge is 0.315 e. The molecule has 0 unspecified atom stereocenters. The molecule has 4 nitrogen and oxygen atoms in total. The highest BCUT2D eigenvalue weighted by atomic mass is 35.5. The van der Waals surface area contributed by atoms with Gasteiger partial charge in [-0.2, -0.15) is 0 Å². The summed E-state index contributed by atoms with van der Waals surface area (Å²) in [5.74, 6) is -1.38. The molecule has 0 spiro atoms. The first-order valence-corrected chi connectivity index (χ1v) is 9.32. The van der Waals surface area contributed by atoms with E-state index in [0.29, 0.717) is 10.6 Å². The van der Waals surface area contributed by atoms with Gasteiger partial charge in [0, 0.05) is 23.3 Å². The minimum Gasteiger partial charge on any atom is -0.315 e. The molecule has 5 heteroatoms. The van der Waals surface area contributed by atoms with Crippen LogP contribution in [0.15, 0.2) is 42.0 Å². The maximum Gasteiger partial charge on any atom is 0.328 e. The number of carbonyl (C=O) groups is 2. The molecule has 1 heterocycles. The summed E-state index contributed by atoms with van der Waals surface area (Å²) in [6, 6.07) is 5.50. The standard InChI is InChI=1S/C22H21ClN2O2/c1-7-21(4)15(23)11-13-18(26)22(21,24-5)12-9-8-10-14-16(12)17(20(13,2)3)19(27)25(14)6/h7-11,13,17H,1H2,2-4,6H3/t13-,17+,21+,22-/m0/s1. The van der Waals surface area contributed by atoms with Crippen LogP contribution in [0.4, 0.5) is 5.69 Å². The molecule has 4 rings (SSSR count). The van der Waals surface area contributed by atoms with E-state index in [1.807, 2.05) is 32.0 Å². The number of amides is 1. The highest BCUT2D eigenvalue weighted by Gasteiger charge is 2.72. The van der Waals surface area contributed by atoms with Gasteiger partial charge >= 0.3 is 5.54 Å². The van der Waals surface area contributed by atoms with Crippen molar-refractivity contribution in [2.75, 3.05) is 11.9 Å². The topological polar surface area (TPSA) is 41.7 Å². The lowest BCUT2D eigenvalue weighted by atomic mass is 9.57. The van der Waals surface area contributed by atoms with E-state index in [1.165, 1.54) is 0 Å². The van der Waals surface area contributed by atoms with Gasteiger partial charge < -0.3 is 4.90 Å². The Morgan fingerprint density at radius 2 is 1.96 bits per heavy atom. The molecule has 2 aliphatic carbocycles. The molecule has 3 aliphatic rings. The summed E-state index contributed by atoms with van der Waals surface area (Å²) in [6.07, 6.45) is 3.34. The zero-order valence-corrected chi connectivity index (χ0v) is 16.6. The van der Waals surface area contributed by atoms with Gasteiger partial charge in [-0.3, -0.25) is 14.4 Å². The van der Waals surface area contributed by atoms with Crippen LogP contribution in [-0.2, 0) is 15.1 Å². The van der Waals surface area contributed by atoms with Gasteiger partial charge in [-0.05, 0) is 24.5 Å². The third-order valence-electron chi connectivity index (χ3n) is 7.02. The summed E-state index contributed by atoms with van der Waals surface area (Å²) >= 11 is 6.70. The predicted octanol–water partition coefficient (Wildman–Crippen LogP) is 4.41. The number of benzene rings is 1. The predicted molar refractivity (Wildman–Crippen MR) is 105 cm³/mol. The lowest BCUT2D eigenvalue weighted by Crippen LogP contribution is -2.54. The molecule has 2 bridgehead atoms. The van der Waals surface area contributed by atoms with E-state index < -0.39 is 28.2 Å². The van der Waals surface area contributed by atoms with Crippen molar-refractivity contribution in [2.24, 2.45) is 16.7 Å². The average Bonchev–Trinajstić information content (AvgIpc) is 2.88. The van der Waals surface area contributed by atoms with Crippen LogP contribution in [-0.4, -0.2) is 18.7 Å². The molecule has 0 saturated carbocycles. The Hall–Kier alpha value is -2.38. The Morgan fingerprint density at radius 1 is 1.30 bits per heavy atom. The number of likely N-dealkylation sites (N-methyl/N-ethyl adjacent to an activating group) is 1. The molecular formula is C22H21ClN2O2. The van der Waals surface area contributed by atoms with E-state index in [-0.39, 0.29) is 11.7 Å². The van der Waals surface area contributed by atoms with Crippen LogP contribution in [0, 0.1) is 23.3 Å². The fourth-order valence-corrected chi connectivity index (χ4v) is 5.60. The van der Waals surface area contributed by atoms with Gasteiger partial charge in [0.1, 0.15) is 5.41 Å². The highest BCUT2D eigenvalue weighted by Crippen LogP contribution is 2.65. The second-order valence-corrected chi connectivity index (χ2v) is 8.88. The van der Waals surface area contributed by atoms with Crippen LogP contribution >= 0.6 is 11.6 Å². The first kappa shape index (κ1) is 18.0. The van der Waals surface area contributed by atoms with Gasteiger partial charge in [0.15, 0.2) is 0 Å². The fraction of sp³-hybridized carbons (Fsp3) is 0.409. The number of Topliss-reactive ketones (excluding diaryl/α,β-unsaturated/α-hetero) is 1. The number of hydrogen-bond acceptors (Lipinski definition) is 2. The molecule has 1 aromatic rings. The van der Waals surface area contributed by atoms with E-state index in [4.69, 9.17) is 18.2 Å². The molecular weight excluding hydrogens is 360 g/mol. The molecule has 1 aliphatic heterocycles. The van der Waals surface area contributed by atoms with Gasteiger partial charge in [-0.1, -0.05) is 43.7 Å². The number of rotatable bonds is 1. The van der Waals surface area contributed by atoms with E-state index in [1.54, 1.807) is 31.0 Å². The molecule has 0 N–H and O–H groups in total. The third kappa shape index (κ3) is 1.70. The molecule has 0 radical (unpaired) electrons. The van der Waals surface area contributed by atoms with Gasteiger partial charge in [0.2, 0.25) is 11.7 Å². The fourth-order valence-electron chi connectivity index (χ4n) is 5.26. The number of ketones is 1. The Labute approximate surface area is 164 Å². The minimum absolute atomic E-state index is 0.0484. The maximum atomic E-state index is 13.9. The summed E-state index contributed by atoms with van der Waals surface area (Å²) in [6.45, 7) is 17.7. The second-order valence-electron chi connectivity index (χ2n) is 8.48. The highest BCUT2D eigenvalue weighted by molar-refractivity contribution is 6.32. The summed E-state index contributed by atoms with van der Waals surface area (Å²) in [4.78, 5) is 32.7. The average molecular weight is 381 g/mol. The lowest BCUT2D eigenvalue weighted by molar-refractivity contribution is -0.133. The van der Waals surface area contributed by atoms with Gasteiger partial charge in [0.25, 0.3) is 0 Å². The maximum absolute atomic E-state index is 13.9. The molecule has 1 aromatic carbocycles.